The number of para-hydroxylation sites is 2. The number of benzene rings is 6. The molecule has 0 amide bonds. The highest BCUT2D eigenvalue weighted by molar-refractivity contribution is 6.30. The van der Waals surface area contributed by atoms with E-state index in [1.807, 2.05) is 48.5 Å². The van der Waals surface area contributed by atoms with Crippen molar-refractivity contribution in [3.8, 4) is 17.2 Å². The van der Waals surface area contributed by atoms with Gasteiger partial charge in [0.15, 0.2) is 0 Å². The Morgan fingerprint density at radius 3 is 1.25 bits per heavy atom. The molecule has 6 aromatic rings. The quantitative estimate of drug-likeness (QED) is 0.0502. The van der Waals surface area contributed by atoms with Gasteiger partial charge in [-0.2, -0.15) is 0 Å². The van der Waals surface area contributed by atoms with Gasteiger partial charge in [-0.05, 0) is 95.1 Å². The summed E-state index contributed by atoms with van der Waals surface area (Å²) in [5.41, 5.74) is 4.76. The normalized spacial score (nSPS) is 11.7. The first kappa shape index (κ1) is 51.3. The van der Waals surface area contributed by atoms with Crippen LogP contribution in [-0.4, -0.2) is 80.0 Å². The van der Waals surface area contributed by atoms with Crippen molar-refractivity contribution in [3.63, 3.8) is 0 Å². The number of nitrogens with one attached hydrogen (secondary N) is 2. The Morgan fingerprint density at radius 1 is 0.529 bits per heavy atom. The van der Waals surface area contributed by atoms with Gasteiger partial charge in [-0.1, -0.05) is 84.4 Å². The molecule has 0 aliphatic rings. The SMILES string of the molecule is COC(=O)c1ccccc1N[C@@H](Cc1ccc(OCCc2ccc(Cl)cc2)cc1)C(=O)O.COC(=O)c1ccccc1N[C@@H](Cc1ccc(OCCc2ccc(OC(F)(F)F)cc2)cc1)C(=O)O. The number of carboxylic acid groups (broad SMARTS) is 2. The van der Waals surface area contributed by atoms with Crippen molar-refractivity contribution in [3.05, 3.63) is 184 Å². The van der Waals surface area contributed by atoms with Crippen molar-refractivity contribution in [2.75, 3.05) is 38.1 Å². The van der Waals surface area contributed by atoms with Crippen LogP contribution >= 0.6 is 11.6 Å². The summed E-state index contributed by atoms with van der Waals surface area (Å²) in [7, 11) is 2.54. The minimum atomic E-state index is -4.73. The van der Waals surface area contributed by atoms with E-state index in [1.165, 1.54) is 38.5 Å². The van der Waals surface area contributed by atoms with E-state index >= 15 is 0 Å². The lowest BCUT2D eigenvalue weighted by atomic mass is 10.0. The molecule has 0 spiro atoms. The van der Waals surface area contributed by atoms with Gasteiger partial charge >= 0.3 is 30.2 Å². The van der Waals surface area contributed by atoms with Gasteiger partial charge in [0.05, 0.1) is 38.6 Å². The average Bonchev–Trinajstić information content (AvgIpc) is 3.33. The molecule has 0 aromatic heterocycles. The highest BCUT2D eigenvalue weighted by atomic mass is 35.5. The molecule has 0 aliphatic carbocycles. The van der Waals surface area contributed by atoms with E-state index in [0.29, 0.717) is 47.5 Å². The van der Waals surface area contributed by atoms with Gasteiger partial charge in [0, 0.05) is 42.1 Å². The Labute approximate surface area is 395 Å². The number of ether oxygens (including phenoxy) is 5. The zero-order chi connectivity index (χ0) is 49.1. The third kappa shape index (κ3) is 16.6. The number of alkyl halides is 3. The second kappa shape index (κ2) is 25.3. The Morgan fingerprint density at radius 2 is 0.882 bits per heavy atom. The first-order chi connectivity index (χ1) is 32.6. The number of carbonyl (C=O) groups is 4. The number of hydrogen-bond donors (Lipinski definition) is 4. The van der Waals surface area contributed by atoms with E-state index in [-0.39, 0.29) is 29.7 Å². The zero-order valence-corrected chi connectivity index (χ0v) is 37.6. The Hall–Kier alpha value is -7.72. The summed E-state index contributed by atoms with van der Waals surface area (Å²) < 4.78 is 61.5. The molecule has 356 valence electrons. The molecule has 0 fully saturated rings. The van der Waals surface area contributed by atoms with E-state index in [0.717, 1.165) is 28.7 Å². The molecule has 2 atom stereocenters. The largest absolute Gasteiger partial charge is 0.573 e. The Kier molecular flexibility index (Phi) is 19.0. The molecular weight excluding hydrogens is 909 g/mol. The molecule has 4 N–H and O–H groups in total. The van der Waals surface area contributed by atoms with Gasteiger partial charge in [0.25, 0.3) is 0 Å². The second-order valence-corrected chi connectivity index (χ2v) is 15.3. The zero-order valence-electron chi connectivity index (χ0n) is 36.8. The number of methoxy groups -OCH3 is 2. The van der Waals surface area contributed by atoms with Gasteiger partial charge in [0.2, 0.25) is 0 Å². The Bertz CT molecular complexity index is 2580. The molecular formula is C51H48ClF3N2O11. The third-order valence-electron chi connectivity index (χ3n) is 10.0. The minimum Gasteiger partial charge on any atom is -0.493 e. The molecule has 6 aromatic carbocycles. The second-order valence-electron chi connectivity index (χ2n) is 14.9. The average molecular weight is 957 g/mol. The maximum Gasteiger partial charge on any atom is 0.573 e. The summed E-state index contributed by atoms with van der Waals surface area (Å²) in [6, 6.07) is 38.6. The molecule has 0 bridgehead atoms. The first-order valence-electron chi connectivity index (χ1n) is 21.0. The van der Waals surface area contributed by atoms with Crippen LogP contribution < -0.4 is 24.8 Å². The summed E-state index contributed by atoms with van der Waals surface area (Å²) in [5.74, 6) is -2.22. The van der Waals surface area contributed by atoms with Crippen LogP contribution in [0.2, 0.25) is 5.02 Å². The predicted octanol–water partition coefficient (Wildman–Crippen LogP) is 9.96. The van der Waals surface area contributed by atoms with Gasteiger partial charge in [0.1, 0.15) is 29.3 Å². The van der Waals surface area contributed by atoms with Crippen molar-refractivity contribution in [1.29, 1.82) is 0 Å². The summed E-state index contributed by atoms with van der Waals surface area (Å²) >= 11 is 5.89. The smallest absolute Gasteiger partial charge is 0.493 e. The lowest BCUT2D eigenvalue weighted by molar-refractivity contribution is -0.274. The lowest BCUT2D eigenvalue weighted by Crippen LogP contribution is -2.32. The summed E-state index contributed by atoms with van der Waals surface area (Å²) in [6.45, 7) is 0.813. The van der Waals surface area contributed by atoms with Crippen LogP contribution in [0.15, 0.2) is 146 Å². The number of aliphatic carboxylic acids is 2. The van der Waals surface area contributed by atoms with Crippen molar-refractivity contribution >= 4 is 46.9 Å². The van der Waals surface area contributed by atoms with Gasteiger partial charge < -0.3 is 44.5 Å². The van der Waals surface area contributed by atoms with Crippen LogP contribution in [0.3, 0.4) is 0 Å². The van der Waals surface area contributed by atoms with Crippen LogP contribution in [0.25, 0.3) is 0 Å². The van der Waals surface area contributed by atoms with Crippen LogP contribution in [0.4, 0.5) is 24.5 Å². The number of esters is 2. The number of hydrogen-bond acceptors (Lipinski definition) is 11. The molecule has 0 aliphatic heterocycles. The molecule has 6 rings (SSSR count). The van der Waals surface area contributed by atoms with E-state index in [2.05, 4.69) is 15.4 Å². The van der Waals surface area contributed by atoms with Crippen molar-refractivity contribution in [1.82, 2.24) is 0 Å². The Balaban J connectivity index is 0.000000256. The van der Waals surface area contributed by atoms with Crippen molar-refractivity contribution in [2.24, 2.45) is 0 Å². The molecule has 0 heterocycles. The fourth-order valence-corrected chi connectivity index (χ4v) is 6.69. The van der Waals surface area contributed by atoms with Gasteiger partial charge in [-0.3, -0.25) is 0 Å². The number of carboxylic acids is 2. The number of carbonyl (C=O) groups excluding carboxylic acids is 2. The van der Waals surface area contributed by atoms with E-state index in [4.69, 9.17) is 30.5 Å². The van der Waals surface area contributed by atoms with Crippen LogP contribution in [0, 0.1) is 0 Å². The fourth-order valence-electron chi connectivity index (χ4n) is 6.57. The summed E-state index contributed by atoms with van der Waals surface area (Å²) in [5, 5.41) is 25.9. The molecule has 0 unspecified atom stereocenters. The topological polar surface area (TPSA) is 179 Å². The summed E-state index contributed by atoms with van der Waals surface area (Å²) in [6.07, 6.45) is -3.12. The predicted molar refractivity (Wildman–Crippen MR) is 249 cm³/mol. The van der Waals surface area contributed by atoms with Crippen molar-refractivity contribution in [2.45, 2.75) is 44.1 Å². The van der Waals surface area contributed by atoms with Crippen LogP contribution in [0.5, 0.6) is 17.2 Å². The van der Waals surface area contributed by atoms with Crippen molar-refractivity contribution < 1.29 is 66.2 Å². The van der Waals surface area contributed by atoms with Gasteiger partial charge in [-0.15, -0.1) is 13.2 Å². The highest BCUT2D eigenvalue weighted by Gasteiger charge is 2.31. The molecule has 68 heavy (non-hydrogen) atoms. The molecule has 0 saturated heterocycles. The standard InChI is InChI=1S/C26H24F3NO6.C25H24ClNO5/c1-34-25(33)21-4-2-3-5-22(21)30-23(24(31)32)16-18-8-10-19(11-9-18)35-15-14-17-6-12-20(13-7-17)36-26(27,28)29;1-31-25(30)21-4-2-3-5-22(21)27-23(24(28)29)16-18-8-12-20(13-9-18)32-15-14-17-6-10-19(26)11-7-17/h2-13,23,30H,14-16H2,1H3,(H,31,32);2-13,23,27H,14-16H2,1H3,(H,28,29)/t2*23-/m00/s1. The minimum absolute atomic E-state index is 0.150. The molecule has 13 nitrogen and oxygen atoms in total. The third-order valence-corrected chi connectivity index (χ3v) is 10.3. The maximum atomic E-state index is 12.2. The molecule has 0 radical (unpaired) electrons. The van der Waals surface area contributed by atoms with Crippen LogP contribution in [0.1, 0.15) is 43.0 Å². The maximum absolute atomic E-state index is 12.2. The van der Waals surface area contributed by atoms with E-state index in [1.54, 1.807) is 72.8 Å². The number of anilines is 2. The van der Waals surface area contributed by atoms with E-state index < -0.39 is 42.3 Å². The first-order valence-corrected chi connectivity index (χ1v) is 21.3. The van der Waals surface area contributed by atoms with Gasteiger partial charge in [-0.25, -0.2) is 19.2 Å². The monoisotopic (exact) mass is 956 g/mol. The molecule has 0 saturated carbocycles. The van der Waals surface area contributed by atoms with E-state index in [9.17, 15) is 42.6 Å². The molecule has 17 heteroatoms. The fraction of sp³-hybridized carbons (Fsp3) is 0.216. The number of rotatable bonds is 21. The number of halogens is 4. The lowest BCUT2D eigenvalue weighted by Gasteiger charge is -2.18. The highest BCUT2D eigenvalue weighted by Crippen LogP contribution is 2.25. The van der Waals surface area contributed by atoms with Crippen LogP contribution in [-0.2, 0) is 44.7 Å². The summed E-state index contributed by atoms with van der Waals surface area (Å²) in [4.78, 5) is 47.5.